The minimum absolute atomic E-state index is 0.233. The van der Waals surface area contributed by atoms with Crippen LogP contribution in [0.4, 0.5) is 0 Å². The van der Waals surface area contributed by atoms with Crippen molar-refractivity contribution in [1.29, 1.82) is 0 Å². The minimum Gasteiger partial charge on any atom is -0.490 e. The van der Waals surface area contributed by atoms with E-state index in [1.165, 1.54) is 0 Å². The summed E-state index contributed by atoms with van der Waals surface area (Å²) < 4.78 is 5.61. The molecular weight excluding hydrogens is 216 g/mol. The predicted molar refractivity (Wildman–Crippen MR) is 68.1 cm³/mol. The van der Waals surface area contributed by atoms with Crippen LogP contribution in [0.5, 0.6) is 5.75 Å². The van der Waals surface area contributed by atoms with Gasteiger partial charge in [-0.25, -0.2) is 0 Å². The van der Waals surface area contributed by atoms with Crippen molar-refractivity contribution >= 4 is 0 Å². The van der Waals surface area contributed by atoms with Crippen LogP contribution in [-0.2, 0) is 0 Å². The summed E-state index contributed by atoms with van der Waals surface area (Å²) in [6.45, 7) is 5.81. The number of hydrogen-bond acceptors (Lipinski definition) is 3. The Labute approximate surface area is 103 Å². The molecule has 2 atom stereocenters. The fourth-order valence-corrected chi connectivity index (χ4v) is 1.44. The molecule has 17 heavy (non-hydrogen) atoms. The van der Waals surface area contributed by atoms with Gasteiger partial charge in [0, 0.05) is 5.56 Å². The first kappa shape index (κ1) is 14.0. The van der Waals surface area contributed by atoms with Crippen molar-refractivity contribution < 1.29 is 14.9 Å². The molecule has 2 N–H and O–H groups in total. The Hall–Kier alpha value is -1.06. The fourth-order valence-electron chi connectivity index (χ4n) is 1.44. The smallest absolute Gasteiger partial charge is 0.125 e. The van der Waals surface area contributed by atoms with Gasteiger partial charge in [-0.05, 0) is 25.8 Å². The SMILES string of the molecule is CCC(O)c1ccccc1OCC(C)(O)CC. The van der Waals surface area contributed by atoms with Gasteiger partial charge in [0.05, 0.1) is 11.7 Å². The van der Waals surface area contributed by atoms with Gasteiger partial charge < -0.3 is 14.9 Å². The van der Waals surface area contributed by atoms with Gasteiger partial charge in [0.25, 0.3) is 0 Å². The van der Waals surface area contributed by atoms with Gasteiger partial charge >= 0.3 is 0 Å². The van der Waals surface area contributed by atoms with Gasteiger partial charge in [-0.3, -0.25) is 0 Å². The molecule has 0 bridgehead atoms. The standard InChI is InChI=1S/C14H22O3/c1-4-12(15)11-8-6-7-9-13(11)17-10-14(3,16)5-2/h6-9,12,15-16H,4-5,10H2,1-3H3. The average Bonchev–Trinajstić information content (AvgIpc) is 2.36. The monoisotopic (exact) mass is 238 g/mol. The molecule has 0 aliphatic rings. The third-order valence-electron chi connectivity index (χ3n) is 2.96. The molecule has 0 amide bonds. The van der Waals surface area contributed by atoms with E-state index in [-0.39, 0.29) is 6.61 Å². The maximum absolute atomic E-state index is 9.88. The molecule has 0 radical (unpaired) electrons. The van der Waals surface area contributed by atoms with Crippen molar-refractivity contribution in [3.63, 3.8) is 0 Å². The second-order valence-electron chi connectivity index (χ2n) is 4.60. The molecule has 0 spiro atoms. The lowest BCUT2D eigenvalue weighted by atomic mass is 10.0. The maximum atomic E-state index is 9.88. The first-order valence-electron chi connectivity index (χ1n) is 6.12. The van der Waals surface area contributed by atoms with Gasteiger partial charge in [0.15, 0.2) is 0 Å². The molecule has 1 aromatic rings. The zero-order valence-corrected chi connectivity index (χ0v) is 10.8. The second-order valence-corrected chi connectivity index (χ2v) is 4.60. The van der Waals surface area contributed by atoms with Crippen LogP contribution in [0.15, 0.2) is 24.3 Å². The summed E-state index contributed by atoms with van der Waals surface area (Å²) in [7, 11) is 0. The molecule has 1 aromatic carbocycles. The van der Waals surface area contributed by atoms with Crippen LogP contribution in [0.2, 0.25) is 0 Å². The summed E-state index contributed by atoms with van der Waals surface area (Å²) in [5.41, 5.74) is -0.0495. The van der Waals surface area contributed by atoms with E-state index in [2.05, 4.69) is 0 Å². The summed E-state index contributed by atoms with van der Waals surface area (Å²) >= 11 is 0. The third-order valence-corrected chi connectivity index (χ3v) is 2.96. The van der Waals surface area contributed by atoms with E-state index in [1.807, 2.05) is 38.1 Å². The number of para-hydroxylation sites is 1. The van der Waals surface area contributed by atoms with E-state index in [9.17, 15) is 10.2 Å². The summed E-state index contributed by atoms with van der Waals surface area (Å²) in [5, 5.41) is 19.7. The molecule has 0 aromatic heterocycles. The molecule has 0 fully saturated rings. The fraction of sp³-hybridized carbons (Fsp3) is 0.571. The maximum Gasteiger partial charge on any atom is 0.125 e. The summed E-state index contributed by atoms with van der Waals surface area (Å²) in [4.78, 5) is 0. The van der Waals surface area contributed by atoms with E-state index in [0.717, 1.165) is 5.56 Å². The Bertz CT molecular complexity index is 347. The predicted octanol–water partition coefficient (Wildman–Crippen LogP) is 2.67. The van der Waals surface area contributed by atoms with Gasteiger partial charge in [-0.1, -0.05) is 32.0 Å². The Balaban J connectivity index is 2.77. The molecule has 0 saturated carbocycles. The van der Waals surface area contributed by atoms with Crippen molar-refractivity contribution in [2.24, 2.45) is 0 Å². The van der Waals surface area contributed by atoms with E-state index in [1.54, 1.807) is 6.92 Å². The lowest BCUT2D eigenvalue weighted by Crippen LogP contribution is -2.31. The van der Waals surface area contributed by atoms with Crippen LogP contribution in [0.25, 0.3) is 0 Å². The number of aliphatic hydroxyl groups excluding tert-OH is 1. The molecule has 0 heterocycles. The van der Waals surface area contributed by atoms with Crippen LogP contribution in [-0.4, -0.2) is 22.4 Å². The molecule has 0 aliphatic carbocycles. The molecule has 3 nitrogen and oxygen atoms in total. The lowest BCUT2D eigenvalue weighted by molar-refractivity contribution is 0.00731. The van der Waals surface area contributed by atoms with Gasteiger partial charge in [0.1, 0.15) is 12.4 Å². The van der Waals surface area contributed by atoms with E-state index in [4.69, 9.17) is 4.74 Å². The number of hydrogen-bond donors (Lipinski definition) is 2. The highest BCUT2D eigenvalue weighted by atomic mass is 16.5. The van der Waals surface area contributed by atoms with Crippen molar-refractivity contribution in [2.75, 3.05) is 6.61 Å². The average molecular weight is 238 g/mol. The van der Waals surface area contributed by atoms with E-state index < -0.39 is 11.7 Å². The van der Waals surface area contributed by atoms with Gasteiger partial charge in [0.2, 0.25) is 0 Å². The molecular formula is C14H22O3. The van der Waals surface area contributed by atoms with Gasteiger partial charge in [-0.15, -0.1) is 0 Å². The van der Waals surface area contributed by atoms with Crippen LogP contribution in [0, 0.1) is 0 Å². The minimum atomic E-state index is -0.829. The van der Waals surface area contributed by atoms with Crippen molar-refractivity contribution in [1.82, 2.24) is 0 Å². The van der Waals surface area contributed by atoms with Crippen molar-refractivity contribution in [2.45, 2.75) is 45.3 Å². The topological polar surface area (TPSA) is 49.7 Å². The quantitative estimate of drug-likeness (QED) is 0.801. The van der Waals surface area contributed by atoms with Crippen molar-refractivity contribution in [3.8, 4) is 5.75 Å². The molecule has 96 valence electrons. The molecule has 0 saturated heterocycles. The number of ether oxygens (including phenoxy) is 1. The van der Waals surface area contributed by atoms with Crippen LogP contribution >= 0.6 is 0 Å². The highest BCUT2D eigenvalue weighted by molar-refractivity contribution is 5.35. The van der Waals surface area contributed by atoms with Crippen molar-refractivity contribution in [3.05, 3.63) is 29.8 Å². The van der Waals surface area contributed by atoms with Crippen LogP contribution < -0.4 is 4.74 Å². The largest absolute Gasteiger partial charge is 0.490 e. The molecule has 0 aliphatic heterocycles. The highest BCUT2D eigenvalue weighted by Gasteiger charge is 2.20. The zero-order valence-electron chi connectivity index (χ0n) is 10.8. The number of benzene rings is 1. The van der Waals surface area contributed by atoms with E-state index in [0.29, 0.717) is 18.6 Å². The highest BCUT2D eigenvalue weighted by Crippen LogP contribution is 2.27. The molecule has 3 heteroatoms. The Morgan fingerprint density at radius 3 is 2.53 bits per heavy atom. The summed E-state index contributed by atoms with van der Waals surface area (Å²) in [5.74, 6) is 0.649. The van der Waals surface area contributed by atoms with Crippen LogP contribution in [0.3, 0.4) is 0 Å². The first-order valence-corrected chi connectivity index (χ1v) is 6.12. The first-order chi connectivity index (χ1) is 8.00. The lowest BCUT2D eigenvalue weighted by Gasteiger charge is -2.23. The van der Waals surface area contributed by atoms with Gasteiger partial charge in [-0.2, -0.15) is 0 Å². The Morgan fingerprint density at radius 2 is 1.94 bits per heavy atom. The third kappa shape index (κ3) is 4.02. The zero-order chi connectivity index (χ0) is 12.9. The Morgan fingerprint density at radius 1 is 1.29 bits per heavy atom. The number of aliphatic hydroxyl groups is 2. The summed E-state index contributed by atoms with van der Waals surface area (Å²) in [6.07, 6.45) is 0.758. The Kier molecular flexibility index (Phi) is 4.97. The second kappa shape index (κ2) is 6.03. The normalized spacial score (nSPS) is 16.3. The van der Waals surface area contributed by atoms with Crippen LogP contribution in [0.1, 0.15) is 45.3 Å². The number of rotatable bonds is 6. The molecule has 1 rings (SSSR count). The molecule has 2 unspecified atom stereocenters. The summed E-state index contributed by atoms with van der Waals surface area (Å²) in [6, 6.07) is 7.41. The van der Waals surface area contributed by atoms with E-state index >= 15 is 0 Å².